The van der Waals surface area contributed by atoms with Crippen LogP contribution < -0.4 is 0 Å². The molecular formula is C11H8BrF2NOS. The smallest absolute Gasteiger partial charge is 0.263 e. The first kappa shape index (κ1) is 12.6. The summed E-state index contributed by atoms with van der Waals surface area (Å²) in [5, 5.41) is 10.0. The number of halogens is 3. The Morgan fingerprint density at radius 2 is 1.76 bits per heavy atom. The van der Waals surface area contributed by atoms with Gasteiger partial charge in [-0.2, -0.15) is 0 Å². The first-order chi connectivity index (χ1) is 8.09. The van der Waals surface area contributed by atoms with Crippen molar-refractivity contribution < 1.29 is 13.9 Å². The fourth-order valence-corrected chi connectivity index (χ4v) is 2.82. The van der Waals surface area contributed by atoms with E-state index in [9.17, 15) is 13.9 Å². The van der Waals surface area contributed by atoms with E-state index in [0.29, 0.717) is 15.0 Å². The van der Waals surface area contributed by atoms with E-state index in [2.05, 4.69) is 20.9 Å². The Kier molecular flexibility index (Phi) is 3.86. The summed E-state index contributed by atoms with van der Waals surface area (Å²) in [6, 6.07) is 5.63. The average molecular weight is 320 g/mol. The Balaban J connectivity index is 2.26. The minimum Gasteiger partial charge on any atom is -0.383 e. The Morgan fingerprint density at radius 1 is 1.18 bits per heavy atom. The molecule has 1 atom stereocenters. The van der Waals surface area contributed by atoms with Crippen molar-refractivity contribution in [3.8, 4) is 0 Å². The van der Waals surface area contributed by atoms with Gasteiger partial charge in [-0.05, 0) is 21.5 Å². The molecule has 0 aliphatic heterocycles. The Hall–Kier alpha value is -0.850. The van der Waals surface area contributed by atoms with Crippen LogP contribution >= 0.6 is 27.3 Å². The molecule has 0 amide bonds. The van der Waals surface area contributed by atoms with Crippen molar-refractivity contribution in [1.82, 2.24) is 4.98 Å². The predicted molar refractivity (Wildman–Crippen MR) is 65.3 cm³/mol. The van der Waals surface area contributed by atoms with Gasteiger partial charge in [0.25, 0.3) is 6.43 Å². The summed E-state index contributed by atoms with van der Waals surface area (Å²) < 4.78 is 25.3. The molecule has 0 bridgehead atoms. The maximum atomic E-state index is 12.4. The normalized spacial score (nSPS) is 13.0. The predicted octanol–water partition coefficient (Wildman–Crippen LogP) is 3.92. The quantitative estimate of drug-likeness (QED) is 0.930. The number of nitrogens with zero attached hydrogens (tertiary/aromatic N) is 1. The highest BCUT2D eigenvalue weighted by molar-refractivity contribution is 9.10. The lowest BCUT2D eigenvalue weighted by atomic mass is 10.1. The van der Waals surface area contributed by atoms with Gasteiger partial charge in [0.15, 0.2) is 0 Å². The van der Waals surface area contributed by atoms with Crippen LogP contribution in [-0.4, -0.2) is 10.1 Å². The molecular weight excluding hydrogens is 312 g/mol. The number of hydrogen-bond acceptors (Lipinski definition) is 3. The highest BCUT2D eigenvalue weighted by atomic mass is 79.9. The Bertz CT molecular complexity index is 500. The van der Waals surface area contributed by atoms with Crippen molar-refractivity contribution in [3.63, 3.8) is 0 Å². The maximum absolute atomic E-state index is 12.4. The van der Waals surface area contributed by atoms with Crippen LogP contribution in [0.1, 0.15) is 28.5 Å². The molecule has 1 aromatic heterocycles. The zero-order chi connectivity index (χ0) is 12.4. The molecule has 0 aliphatic carbocycles. The van der Waals surface area contributed by atoms with E-state index in [4.69, 9.17) is 0 Å². The molecule has 90 valence electrons. The molecule has 0 radical (unpaired) electrons. The number of hydrogen-bond donors (Lipinski definition) is 1. The third-order valence-corrected chi connectivity index (χ3v) is 4.08. The van der Waals surface area contributed by atoms with E-state index >= 15 is 0 Å². The third-order valence-electron chi connectivity index (χ3n) is 2.30. The minimum absolute atomic E-state index is 0.0516. The maximum Gasteiger partial charge on any atom is 0.263 e. The fraction of sp³-hybridized carbons (Fsp3) is 0.182. The van der Waals surface area contributed by atoms with Gasteiger partial charge in [0.2, 0.25) is 0 Å². The fourth-order valence-electron chi connectivity index (χ4n) is 1.39. The van der Waals surface area contributed by atoms with Gasteiger partial charge in [-0.3, -0.25) is 0 Å². The number of aromatic nitrogens is 1. The SMILES string of the molecule is OC(c1ccc(C(F)F)cc1)c1scnc1Br. The topological polar surface area (TPSA) is 33.1 Å². The van der Waals surface area contributed by atoms with Crippen molar-refractivity contribution in [1.29, 1.82) is 0 Å². The molecule has 0 fully saturated rings. The molecule has 17 heavy (non-hydrogen) atoms. The molecule has 6 heteroatoms. The summed E-state index contributed by atoms with van der Waals surface area (Å²) in [6.07, 6.45) is -3.33. The van der Waals surface area contributed by atoms with Crippen molar-refractivity contribution in [3.05, 3.63) is 50.4 Å². The number of thiazole rings is 1. The highest BCUT2D eigenvalue weighted by Gasteiger charge is 2.16. The molecule has 1 unspecified atom stereocenters. The molecule has 0 saturated carbocycles. The van der Waals surface area contributed by atoms with Crippen LogP contribution in [0.25, 0.3) is 0 Å². The second-order valence-electron chi connectivity index (χ2n) is 3.38. The number of alkyl halides is 2. The largest absolute Gasteiger partial charge is 0.383 e. The van der Waals surface area contributed by atoms with Crippen LogP contribution in [0.5, 0.6) is 0 Å². The first-order valence-electron chi connectivity index (χ1n) is 4.74. The standard InChI is InChI=1S/C11H8BrF2NOS/c12-10-9(17-5-15-10)8(16)6-1-3-7(4-2-6)11(13)14/h1-5,8,11,16H. The van der Waals surface area contributed by atoms with Crippen molar-refractivity contribution >= 4 is 27.3 Å². The Labute approximate surface area is 109 Å². The molecule has 0 spiro atoms. The zero-order valence-corrected chi connectivity index (χ0v) is 10.9. The van der Waals surface area contributed by atoms with E-state index in [-0.39, 0.29) is 5.56 Å². The second-order valence-corrected chi connectivity index (χ2v) is 5.01. The van der Waals surface area contributed by atoms with Gasteiger partial charge in [0.05, 0.1) is 10.4 Å². The lowest BCUT2D eigenvalue weighted by Crippen LogP contribution is -1.98. The van der Waals surface area contributed by atoms with Crippen molar-refractivity contribution in [2.45, 2.75) is 12.5 Å². The molecule has 1 aromatic carbocycles. The number of benzene rings is 1. The lowest BCUT2D eigenvalue weighted by molar-refractivity contribution is 0.151. The monoisotopic (exact) mass is 319 g/mol. The lowest BCUT2D eigenvalue weighted by Gasteiger charge is -2.10. The van der Waals surface area contributed by atoms with Gasteiger partial charge in [-0.15, -0.1) is 11.3 Å². The minimum atomic E-state index is -2.49. The summed E-state index contributed by atoms with van der Waals surface area (Å²) in [7, 11) is 0. The molecule has 0 aliphatic rings. The number of aliphatic hydroxyl groups is 1. The summed E-state index contributed by atoms with van der Waals surface area (Å²) in [4.78, 5) is 4.63. The first-order valence-corrected chi connectivity index (χ1v) is 6.42. The van der Waals surface area contributed by atoms with E-state index in [1.165, 1.54) is 35.6 Å². The number of aliphatic hydroxyl groups excluding tert-OH is 1. The van der Waals surface area contributed by atoms with Crippen molar-refractivity contribution in [2.24, 2.45) is 0 Å². The van der Waals surface area contributed by atoms with Gasteiger partial charge >= 0.3 is 0 Å². The van der Waals surface area contributed by atoms with Gasteiger partial charge in [-0.1, -0.05) is 24.3 Å². The molecule has 0 saturated heterocycles. The van der Waals surface area contributed by atoms with Crippen LogP contribution in [0.3, 0.4) is 0 Å². The van der Waals surface area contributed by atoms with Crippen LogP contribution in [0.4, 0.5) is 8.78 Å². The number of rotatable bonds is 3. The third kappa shape index (κ3) is 2.70. The average Bonchev–Trinajstić information content (AvgIpc) is 2.74. The van der Waals surface area contributed by atoms with Crippen LogP contribution in [0.15, 0.2) is 34.4 Å². The van der Waals surface area contributed by atoms with Gasteiger partial charge in [0, 0.05) is 5.56 Å². The molecule has 2 aromatic rings. The highest BCUT2D eigenvalue weighted by Crippen LogP contribution is 2.31. The Morgan fingerprint density at radius 3 is 2.24 bits per heavy atom. The molecule has 2 rings (SSSR count). The van der Waals surface area contributed by atoms with Crippen LogP contribution in [0.2, 0.25) is 0 Å². The van der Waals surface area contributed by atoms with E-state index < -0.39 is 12.5 Å². The summed E-state index contributed by atoms with van der Waals surface area (Å²) in [6.45, 7) is 0. The van der Waals surface area contributed by atoms with Gasteiger partial charge < -0.3 is 5.11 Å². The molecule has 2 nitrogen and oxygen atoms in total. The van der Waals surface area contributed by atoms with Gasteiger partial charge in [0.1, 0.15) is 10.7 Å². The molecule has 1 heterocycles. The summed E-state index contributed by atoms with van der Waals surface area (Å²) in [5.41, 5.74) is 2.12. The van der Waals surface area contributed by atoms with Crippen molar-refractivity contribution in [2.75, 3.05) is 0 Å². The zero-order valence-electron chi connectivity index (χ0n) is 8.48. The second kappa shape index (κ2) is 5.20. The van der Waals surface area contributed by atoms with E-state index in [1.807, 2.05) is 0 Å². The summed E-state index contributed by atoms with van der Waals surface area (Å²) in [5.74, 6) is 0. The van der Waals surface area contributed by atoms with Crippen LogP contribution in [-0.2, 0) is 0 Å². The molecule has 1 N–H and O–H groups in total. The van der Waals surface area contributed by atoms with Gasteiger partial charge in [-0.25, -0.2) is 13.8 Å². The van der Waals surface area contributed by atoms with E-state index in [1.54, 1.807) is 5.51 Å². The summed E-state index contributed by atoms with van der Waals surface area (Å²) >= 11 is 4.53. The van der Waals surface area contributed by atoms with Crippen LogP contribution in [0, 0.1) is 0 Å². The van der Waals surface area contributed by atoms with E-state index in [0.717, 1.165) is 0 Å².